The van der Waals surface area contributed by atoms with Gasteiger partial charge < -0.3 is 4.52 Å². The molecule has 0 bridgehead atoms. The van der Waals surface area contributed by atoms with Gasteiger partial charge in [-0.3, -0.25) is 0 Å². The lowest BCUT2D eigenvalue weighted by Crippen LogP contribution is -2.22. The van der Waals surface area contributed by atoms with Crippen molar-refractivity contribution in [3.05, 3.63) is 78.4 Å². The van der Waals surface area contributed by atoms with Gasteiger partial charge in [0.15, 0.2) is 0 Å². The van der Waals surface area contributed by atoms with Crippen LogP contribution in [-0.4, -0.2) is 28.3 Å². The molecular formula is C19H14F3N5O3S. The Labute approximate surface area is 174 Å². The molecule has 1 N–H and O–H groups in total. The van der Waals surface area contributed by atoms with Crippen LogP contribution < -0.4 is 4.72 Å². The summed E-state index contributed by atoms with van der Waals surface area (Å²) in [6.07, 6.45) is -2.19. The van der Waals surface area contributed by atoms with Crippen LogP contribution in [0.3, 0.4) is 0 Å². The lowest BCUT2D eigenvalue weighted by Gasteiger charge is -2.05. The highest BCUT2D eigenvalue weighted by Crippen LogP contribution is 2.29. The Morgan fingerprint density at radius 3 is 2.39 bits per heavy atom. The van der Waals surface area contributed by atoms with E-state index in [0.29, 0.717) is 11.3 Å². The van der Waals surface area contributed by atoms with E-state index >= 15 is 0 Å². The molecule has 4 rings (SSSR count). The SMILES string of the molecule is O=S(=O)(NCc1ccccc1)c1cnn(-c2ccc(-c3noc(C(F)(F)F)n3)cc2)c1. The van der Waals surface area contributed by atoms with E-state index in [1.807, 2.05) is 18.2 Å². The molecule has 2 aromatic carbocycles. The first-order valence-corrected chi connectivity index (χ1v) is 10.3. The summed E-state index contributed by atoms with van der Waals surface area (Å²) in [5.74, 6) is -1.65. The van der Waals surface area contributed by atoms with Crippen LogP contribution in [0.2, 0.25) is 0 Å². The second-order valence-corrected chi connectivity index (χ2v) is 8.17. The van der Waals surface area contributed by atoms with Crippen molar-refractivity contribution in [2.75, 3.05) is 0 Å². The van der Waals surface area contributed by atoms with Crippen molar-refractivity contribution in [2.24, 2.45) is 0 Å². The summed E-state index contributed by atoms with van der Waals surface area (Å²) in [7, 11) is -3.78. The van der Waals surface area contributed by atoms with Gasteiger partial charge in [-0.15, -0.1) is 0 Å². The molecule has 160 valence electrons. The van der Waals surface area contributed by atoms with Gasteiger partial charge >= 0.3 is 12.1 Å². The van der Waals surface area contributed by atoms with Gasteiger partial charge in [-0.1, -0.05) is 35.5 Å². The van der Waals surface area contributed by atoms with Gasteiger partial charge in [0, 0.05) is 12.1 Å². The Balaban J connectivity index is 1.49. The van der Waals surface area contributed by atoms with Crippen molar-refractivity contribution in [1.82, 2.24) is 24.6 Å². The average Bonchev–Trinajstić information content (AvgIpc) is 3.44. The highest BCUT2D eigenvalue weighted by molar-refractivity contribution is 7.89. The Kier molecular flexibility index (Phi) is 5.33. The van der Waals surface area contributed by atoms with E-state index in [1.54, 1.807) is 24.3 Å². The van der Waals surface area contributed by atoms with Crippen molar-refractivity contribution in [1.29, 1.82) is 0 Å². The second-order valence-electron chi connectivity index (χ2n) is 6.40. The van der Waals surface area contributed by atoms with Crippen LogP contribution in [0.1, 0.15) is 11.5 Å². The fourth-order valence-electron chi connectivity index (χ4n) is 2.66. The molecular weight excluding hydrogens is 435 g/mol. The highest BCUT2D eigenvalue weighted by Gasteiger charge is 2.38. The van der Waals surface area contributed by atoms with Gasteiger partial charge in [-0.25, -0.2) is 17.8 Å². The Morgan fingerprint density at radius 1 is 1.03 bits per heavy atom. The molecule has 0 fully saturated rings. The predicted molar refractivity (Wildman–Crippen MR) is 102 cm³/mol. The van der Waals surface area contributed by atoms with Gasteiger partial charge in [0.05, 0.1) is 18.1 Å². The molecule has 0 saturated heterocycles. The zero-order chi connectivity index (χ0) is 22.1. The van der Waals surface area contributed by atoms with Crippen molar-refractivity contribution in [3.8, 4) is 17.1 Å². The number of halogens is 3. The third-order valence-electron chi connectivity index (χ3n) is 4.24. The number of hydrogen-bond acceptors (Lipinski definition) is 6. The monoisotopic (exact) mass is 449 g/mol. The number of rotatable bonds is 6. The molecule has 2 aromatic heterocycles. The van der Waals surface area contributed by atoms with Crippen molar-refractivity contribution in [3.63, 3.8) is 0 Å². The minimum absolute atomic E-state index is 0.0273. The van der Waals surface area contributed by atoms with Gasteiger partial charge in [0.2, 0.25) is 15.8 Å². The number of benzene rings is 2. The number of nitrogens with one attached hydrogen (secondary N) is 1. The molecule has 31 heavy (non-hydrogen) atoms. The van der Waals surface area contributed by atoms with Gasteiger partial charge in [0.1, 0.15) is 4.90 Å². The predicted octanol–water partition coefficient (Wildman–Crippen LogP) is 3.42. The third kappa shape index (κ3) is 4.64. The first-order chi connectivity index (χ1) is 14.7. The summed E-state index contributed by atoms with van der Waals surface area (Å²) in [6.45, 7) is 0.133. The zero-order valence-electron chi connectivity index (χ0n) is 15.6. The maximum absolute atomic E-state index is 12.6. The number of aromatic nitrogens is 4. The van der Waals surface area contributed by atoms with Crippen molar-refractivity contribution >= 4 is 10.0 Å². The van der Waals surface area contributed by atoms with Crippen LogP contribution in [0.25, 0.3) is 17.1 Å². The number of hydrogen-bond donors (Lipinski definition) is 1. The fourth-order valence-corrected chi connectivity index (χ4v) is 3.61. The topological polar surface area (TPSA) is 103 Å². The Morgan fingerprint density at radius 2 is 1.74 bits per heavy atom. The summed E-state index contributed by atoms with van der Waals surface area (Å²) in [6, 6.07) is 15.1. The van der Waals surface area contributed by atoms with Gasteiger partial charge in [-0.2, -0.15) is 23.3 Å². The number of nitrogens with zero attached hydrogens (tertiary/aromatic N) is 4. The molecule has 0 atom stereocenters. The molecule has 0 radical (unpaired) electrons. The maximum atomic E-state index is 12.6. The van der Waals surface area contributed by atoms with E-state index < -0.39 is 22.1 Å². The number of sulfonamides is 1. The second kappa shape index (κ2) is 7.96. The molecule has 0 unspecified atom stereocenters. The summed E-state index contributed by atoms with van der Waals surface area (Å²) in [5.41, 5.74) is 1.60. The van der Waals surface area contributed by atoms with Gasteiger partial charge in [0.25, 0.3) is 0 Å². The van der Waals surface area contributed by atoms with Crippen LogP contribution in [0.4, 0.5) is 13.2 Å². The van der Waals surface area contributed by atoms with Crippen molar-refractivity contribution < 1.29 is 26.1 Å². The molecule has 8 nitrogen and oxygen atoms in total. The van der Waals surface area contributed by atoms with Crippen molar-refractivity contribution in [2.45, 2.75) is 17.6 Å². The fraction of sp³-hybridized carbons (Fsp3) is 0.105. The van der Waals surface area contributed by atoms with Crippen LogP contribution in [0.5, 0.6) is 0 Å². The highest BCUT2D eigenvalue weighted by atomic mass is 32.2. The minimum Gasteiger partial charge on any atom is -0.329 e. The summed E-state index contributed by atoms with van der Waals surface area (Å²) in [5, 5.41) is 7.37. The molecule has 0 aliphatic rings. The normalized spacial score (nSPS) is 12.2. The van der Waals surface area contributed by atoms with E-state index in [0.717, 1.165) is 5.56 Å². The molecule has 0 aliphatic heterocycles. The molecule has 12 heteroatoms. The molecule has 0 spiro atoms. The van der Waals surface area contributed by atoms with E-state index in [4.69, 9.17) is 0 Å². The summed E-state index contributed by atoms with van der Waals surface area (Å²) >= 11 is 0. The summed E-state index contributed by atoms with van der Waals surface area (Å²) in [4.78, 5) is 3.30. The van der Waals surface area contributed by atoms with Crippen LogP contribution in [0, 0.1) is 0 Å². The van der Waals surface area contributed by atoms with E-state index in [9.17, 15) is 21.6 Å². The molecule has 2 heterocycles. The van der Waals surface area contributed by atoms with E-state index in [2.05, 4.69) is 24.5 Å². The standard InChI is InChI=1S/C19H14F3N5O3S/c20-19(21,22)18-25-17(26-30-18)14-6-8-15(9-7-14)27-12-16(11-23-27)31(28,29)24-10-13-4-2-1-3-5-13/h1-9,11-12,24H,10H2. The summed E-state index contributed by atoms with van der Waals surface area (Å²) < 4.78 is 70.8. The first kappa shape index (κ1) is 20.8. The maximum Gasteiger partial charge on any atom is 0.471 e. The van der Waals surface area contributed by atoms with Crippen LogP contribution in [0.15, 0.2) is 76.4 Å². The molecule has 0 aliphatic carbocycles. The van der Waals surface area contributed by atoms with E-state index in [-0.39, 0.29) is 17.3 Å². The minimum atomic E-state index is -4.73. The molecule has 4 aromatic rings. The quantitative estimate of drug-likeness (QED) is 0.484. The largest absolute Gasteiger partial charge is 0.471 e. The molecule has 0 saturated carbocycles. The van der Waals surface area contributed by atoms with Crippen LogP contribution >= 0.6 is 0 Å². The van der Waals surface area contributed by atoms with E-state index in [1.165, 1.54) is 29.2 Å². The number of alkyl halides is 3. The zero-order valence-corrected chi connectivity index (χ0v) is 16.4. The average molecular weight is 449 g/mol. The first-order valence-electron chi connectivity index (χ1n) is 8.82. The van der Waals surface area contributed by atoms with Crippen LogP contribution in [-0.2, 0) is 22.7 Å². The third-order valence-corrected chi connectivity index (χ3v) is 5.59. The lowest BCUT2D eigenvalue weighted by atomic mass is 10.2. The lowest BCUT2D eigenvalue weighted by molar-refractivity contribution is -0.159. The smallest absolute Gasteiger partial charge is 0.329 e. The Bertz CT molecular complexity index is 1280. The molecule has 0 amide bonds. The van der Waals surface area contributed by atoms with Gasteiger partial charge in [-0.05, 0) is 29.8 Å². The Hall–Kier alpha value is -3.51.